The third-order valence-corrected chi connectivity index (χ3v) is 5.02. The molecule has 1 atom stereocenters. The van der Waals surface area contributed by atoms with E-state index in [1.165, 1.54) is 18.4 Å². The van der Waals surface area contributed by atoms with Gasteiger partial charge in [0.25, 0.3) is 5.91 Å². The van der Waals surface area contributed by atoms with Crippen molar-refractivity contribution in [1.29, 1.82) is 0 Å². The molecule has 1 fully saturated rings. The summed E-state index contributed by atoms with van der Waals surface area (Å²) >= 11 is 0. The number of rotatable bonds is 7. The van der Waals surface area contributed by atoms with Gasteiger partial charge in [0, 0.05) is 12.1 Å². The Morgan fingerprint density at radius 3 is 2.64 bits per heavy atom. The predicted molar refractivity (Wildman–Crippen MR) is 103 cm³/mol. The van der Waals surface area contributed by atoms with Crippen LogP contribution in [0, 0.1) is 5.92 Å². The zero-order valence-electron chi connectivity index (χ0n) is 14.8. The maximum Gasteiger partial charge on any atom is 0.251 e. The van der Waals surface area contributed by atoms with Crippen LogP contribution in [0.5, 0.6) is 0 Å². The van der Waals surface area contributed by atoms with Crippen LogP contribution in [0.25, 0.3) is 0 Å². The van der Waals surface area contributed by atoms with Gasteiger partial charge in [-0.25, -0.2) is 0 Å². The second-order valence-electron chi connectivity index (χ2n) is 6.90. The third kappa shape index (κ3) is 5.43. The molecule has 0 aliphatic carbocycles. The Bertz CT molecular complexity index is 663. The zero-order valence-corrected chi connectivity index (χ0v) is 14.8. The molecule has 1 saturated heterocycles. The quantitative estimate of drug-likeness (QED) is 0.811. The van der Waals surface area contributed by atoms with Gasteiger partial charge in [-0.1, -0.05) is 48.5 Å². The third-order valence-electron chi connectivity index (χ3n) is 5.02. The first-order valence-corrected chi connectivity index (χ1v) is 9.43. The topological polar surface area (TPSA) is 41.1 Å². The zero-order chi connectivity index (χ0) is 17.3. The van der Waals surface area contributed by atoms with Crippen LogP contribution in [0.3, 0.4) is 0 Å². The van der Waals surface area contributed by atoms with Crippen LogP contribution in [0.2, 0.25) is 0 Å². The summed E-state index contributed by atoms with van der Waals surface area (Å²) in [6.45, 7) is 2.99. The first-order valence-electron chi connectivity index (χ1n) is 9.43. The number of aryl methyl sites for hydroxylation is 2. The maximum absolute atomic E-state index is 12.6. The Kier molecular flexibility index (Phi) is 6.63. The lowest BCUT2D eigenvalue weighted by Crippen LogP contribution is -2.33. The fraction of sp³-hybridized carbons (Fsp3) is 0.409. The van der Waals surface area contributed by atoms with Crippen molar-refractivity contribution in [2.24, 2.45) is 5.92 Å². The lowest BCUT2D eigenvalue weighted by molar-refractivity contribution is 0.0949. The number of hydrogen-bond acceptors (Lipinski definition) is 2. The van der Waals surface area contributed by atoms with E-state index in [1.54, 1.807) is 0 Å². The molecule has 0 radical (unpaired) electrons. The summed E-state index contributed by atoms with van der Waals surface area (Å²) < 4.78 is 0. The molecule has 25 heavy (non-hydrogen) atoms. The van der Waals surface area contributed by atoms with Crippen molar-refractivity contribution in [3.05, 3.63) is 71.3 Å². The maximum atomic E-state index is 12.6. The highest BCUT2D eigenvalue weighted by molar-refractivity contribution is 5.95. The predicted octanol–water partition coefficient (Wildman–Crippen LogP) is 3.59. The summed E-state index contributed by atoms with van der Waals surface area (Å²) in [5.74, 6) is 0.759. The highest BCUT2D eigenvalue weighted by Crippen LogP contribution is 2.15. The molecule has 3 heteroatoms. The van der Waals surface area contributed by atoms with Gasteiger partial charge < -0.3 is 10.6 Å². The lowest BCUT2D eigenvalue weighted by atomic mass is 9.96. The fourth-order valence-corrected chi connectivity index (χ4v) is 3.54. The minimum absolute atomic E-state index is 0.0624. The molecule has 0 aromatic heterocycles. The Hall–Kier alpha value is -2.13. The van der Waals surface area contributed by atoms with Gasteiger partial charge in [-0.3, -0.25) is 4.79 Å². The average Bonchev–Trinajstić information content (AvgIpc) is 2.68. The van der Waals surface area contributed by atoms with Crippen molar-refractivity contribution in [1.82, 2.24) is 10.6 Å². The molecule has 1 aliphatic rings. The molecule has 2 aromatic rings. The number of hydrogen-bond donors (Lipinski definition) is 2. The summed E-state index contributed by atoms with van der Waals surface area (Å²) in [5.41, 5.74) is 3.26. The second kappa shape index (κ2) is 9.38. The average molecular weight is 336 g/mol. The van der Waals surface area contributed by atoms with Gasteiger partial charge in [0.05, 0.1) is 0 Å². The molecular weight excluding hydrogens is 308 g/mol. The monoisotopic (exact) mass is 336 g/mol. The molecule has 2 N–H and O–H groups in total. The Labute approximate surface area is 150 Å². The van der Waals surface area contributed by atoms with Gasteiger partial charge in [-0.2, -0.15) is 0 Å². The van der Waals surface area contributed by atoms with Crippen molar-refractivity contribution in [3.63, 3.8) is 0 Å². The van der Waals surface area contributed by atoms with E-state index >= 15 is 0 Å². The second-order valence-corrected chi connectivity index (χ2v) is 6.90. The molecule has 2 aromatic carbocycles. The molecule has 1 unspecified atom stereocenters. The Morgan fingerprint density at radius 2 is 1.84 bits per heavy atom. The summed E-state index contributed by atoms with van der Waals surface area (Å²) in [6.07, 6.45) is 5.43. The smallest absolute Gasteiger partial charge is 0.251 e. The molecule has 0 spiro atoms. The Balaban J connectivity index is 1.53. The van der Waals surface area contributed by atoms with E-state index in [0.29, 0.717) is 5.92 Å². The van der Waals surface area contributed by atoms with Crippen LogP contribution in [-0.4, -0.2) is 25.5 Å². The van der Waals surface area contributed by atoms with Crippen LogP contribution in [-0.2, 0) is 12.8 Å². The van der Waals surface area contributed by atoms with E-state index in [2.05, 4.69) is 41.0 Å². The normalized spacial score (nSPS) is 17.2. The van der Waals surface area contributed by atoms with Crippen LogP contribution < -0.4 is 10.6 Å². The lowest BCUT2D eigenvalue weighted by Gasteiger charge is -2.22. The van der Waals surface area contributed by atoms with Crippen molar-refractivity contribution >= 4 is 5.91 Å². The van der Waals surface area contributed by atoms with Crippen molar-refractivity contribution in [2.45, 2.75) is 32.1 Å². The van der Waals surface area contributed by atoms with Gasteiger partial charge in [0.1, 0.15) is 0 Å². The molecule has 1 amide bonds. The van der Waals surface area contributed by atoms with Crippen LogP contribution in [0.15, 0.2) is 54.6 Å². The van der Waals surface area contributed by atoms with E-state index in [9.17, 15) is 4.79 Å². The number of carbonyl (C=O) groups excluding carboxylic acids is 1. The van der Waals surface area contributed by atoms with Gasteiger partial charge in [-0.05, 0) is 68.3 Å². The number of nitrogens with one attached hydrogen (secondary N) is 2. The molecular formula is C22H28N2O. The number of amides is 1. The molecule has 0 saturated carbocycles. The highest BCUT2D eigenvalue weighted by Gasteiger charge is 2.14. The standard InChI is InChI=1S/C22H28N2O/c25-22(24-16-14-19-9-6-15-23-17-19)21-11-5-4-10-20(21)13-12-18-7-2-1-3-8-18/h1-5,7-8,10-11,19,23H,6,9,12-17H2,(H,24,25). The first-order chi connectivity index (χ1) is 12.3. The Morgan fingerprint density at radius 1 is 1.04 bits per heavy atom. The van der Waals surface area contributed by atoms with Gasteiger partial charge in [0.2, 0.25) is 0 Å². The molecule has 3 nitrogen and oxygen atoms in total. The van der Waals surface area contributed by atoms with E-state index in [0.717, 1.165) is 50.0 Å². The number of benzene rings is 2. The summed E-state index contributed by atoms with van der Waals surface area (Å²) in [4.78, 5) is 12.6. The van der Waals surface area contributed by atoms with E-state index in [-0.39, 0.29) is 5.91 Å². The molecule has 1 heterocycles. The summed E-state index contributed by atoms with van der Waals surface area (Å²) in [5, 5.41) is 6.55. The van der Waals surface area contributed by atoms with Crippen molar-refractivity contribution in [2.75, 3.05) is 19.6 Å². The number of carbonyl (C=O) groups is 1. The number of piperidine rings is 1. The van der Waals surface area contributed by atoms with E-state index in [4.69, 9.17) is 0 Å². The van der Waals surface area contributed by atoms with Crippen LogP contribution >= 0.6 is 0 Å². The first kappa shape index (κ1) is 17.7. The highest BCUT2D eigenvalue weighted by atomic mass is 16.1. The largest absolute Gasteiger partial charge is 0.352 e. The van der Waals surface area contributed by atoms with E-state index < -0.39 is 0 Å². The minimum atomic E-state index is 0.0624. The van der Waals surface area contributed by atoms with Gasteiger partial charge in [-0.15, -0.1) is 0 Å². The van der Waals surface area contributed by atoms with Gasteiger partial charge >= 0.3 is 0 Å². The molecule has 0 bridgehead atoms. The summed E-state index contributed by atoms with van der Waals surface area (Å²) in [6, 6.07) is 18.4. The van der Waals surface area contributed by atoms with Gasteiger partial charge in [0.15, 0.2) is 0 Å². The van der Waals surface area contributed by atoms with Crippen molar-refractivity contribution in [3.8, 4) is 0 Å². The SMILES string of the molecule is O=C(NCCC1CCCNC1)c1ccccc1CCc1ccccc1. The molecule has 1 aliphatic heterocycles. The van der Waals surface area contributed by atoms with Crippen molar-refractivity contribution < 1.29 is 4.79 Å². The molecule has 3 rings (SSSR count). The fourth-order valence-electron chi connectivity index (χ4n) is 3.54. The van der Waals surface area contributed by atoms with Crippen LogP contribution in [0.1, 0.15) is 40.7 Å². The minimum Gasteiger partial charge on any atom is -0.352 e. The summed E-state index contributed by atoms with van der Waals surface area (Å²) in [7, 11) is 0. The van der Waals surface area contributed by atoms with Crippen LogP contribution in [0.4, 0.5) is 0 Å². The molecule has 132 valence electrons. The van der Waals surface area contributed by atoms with E-state index in [1.807, 2.05) is 24.3 Å².